The Balaban J connectivity index is 2.63. The zero-order chi connectivity index (χ0) is 25.3. The second kappa shape index (κ2) is 17.4. The molecule has 0 aromatic heterocycles. The summed E-state index contributed by atoms with van der Waals surface area (Å²) in [5.41, 5.74) is 7.43. The van der Waals surface area contributed by atoms with Gasteiger partial charge < -0.3 is 40.4 Å². The minimum atomic E-state index is -0.838. The quantitative estimate of drug-likeness (QED) is 0.236. The van der Waals surface area contributed by atoms with Crippen molar-refractivity contribution >= 4 is 6.03 Å². The van der Waals surface area contributed by atoms with E-state index in [4.69, 9.17) is 24.7 Å². The number of urea groups is 1. The molecule has 196 valence electrons. The van der Waals surface area contributed by atoms with Crippen molar-refractivity contribution in [3.63, 3.8) is 0 Å². The van der Waals surface area contributed by atoms with Gasteiger partial charge in [-0.15, -0.1) is 0 Å². The van der Waals surface area contributed by atoms with E-state index in [1.54, 1.807) is 14.2 Å². The molecule has 9 heteroatoms. The molecule has 0 fully saturated rings. The van der Waals surface area contributed by atoms with Crippen molar-refractivity contribution in [2.75, 3.05) is 53.7 Å². The zero-order valence-electron chi connectivity index (χ0n) is 21.5. The van der Waals surface area contributed by atoms with Crippen molar-refractivity contribution in [2.24, 2.45) is 17.6 Å². The van der Waals surface area contributed by atoms with Gasteiger partial charge in [0.2, 0.25) is 0 Å². The summed E-state index contributed by atoms with van der Waals surface area (Å²) in [6, 6.07) is 5.16. The summed E-state index contributed by atoms with van der Waals surface area (Å²) in [4.78, 5) is 11.8. The fourth-order valence-electron chi connectivity index (χ4n) is 3.54. The van der Waals surface area contributed by atoms with Crippen LogP contribution in [-0.4, -0.2) is 77.0 Å². The number of benzene rings is 1. The molecule has 0 saturated carbocycles. The topological polar surface area (TPSA) is 124 Å². The average molecular weight is 484 g/mol. The largest absolute Gasteiger partial charge is 0.493 e. The Morgan fingerprint density at radius 1 is 1.12 bits per heavy atom. The SMILES string of the molecule is CCOCCNC(=O)NCC(O)C(N)CC(Cc1ccc(OC)c(OCCCOC)c1)C(C)C. The van der Waals surface area contributed by atoms with Gasteiger partial charge in [-0.25, -0.2) is 4.79 Å². The second-order valence-corrected chi connectivity index (χ2v) is 8.69. The van der Waals surface area contributed by atoms with Gasteiger partial charge in [0, 0.05) is 45.9 Å². The molecule has 3 unspecified atom stereocenters. The molecule has 1 aromatic rings. The van der Waals surface area contributed by atoms with Crippen LogP contribution in [0.2, 0.25) is 0 Å². The molecule has 0 saturated heterocycles. The molecule has 34 heavy (non-hydrogen) atoms. The number of carbonyl (C=O) groups excluding carboxylic acids is 1. The number of hydrogen-bond acceptors (Lipinski definition) is 7. The monoisotopic (exact) mass is 483 g/mol. The Morgan fingerprint density at radius 2 is 1.88 bits per heavy atom. The van der Waals surface area contributed by atoms with Gasteiger partial charge in [0.15, 0.2) is 11.5 Å². The van der Waals surface area contributed by atoms with Crippen molar-refractivity contribution in [1.29, 1.82) is 0 Å². The number of methoxy groups -OCH3 is 2. The summed E-state index contributed by atoms with van der Waals surface area (Å²) >= 11 is 0. The molecule has 3 atom stereocenters. The summed E-state index contributed by atoms with van der Waals surface area (Å²) in [5.74, 6) is 2.02. The molecule has 5 N–H and O–H groups in total. The van der Waals surface area contributed by atoms with E-state index in [2.05, 4.69) is 24.5 Å². The predicted molar refractivity (Wildman–Crippen MR) is 134 cm³/mol. The first-order valence-corrected chi connectivity index (χ1v) is 12.1. The maximum Gasteiger partial charge on any atom is 0.314 e. The van der Waals surface area contributed by atoms with Crippen molar-refractivity contribution in [3.05, 3.63) is 23.8 Å². The lowest BCUT2D eigenvalue weighted by Gasteiger charge is -2.27. The van der Waals surface area contributed by atoms with Gasteiger partial charge in [0.1, 0.15) is 0 Å². The van der Waals surface area contributed by atoms with E-state index < -0.39 is 12.1 Å². The number of amides is 2. The standard InChI is InChI=1S/C25H45N3O6/c1-6-33-13-10-27-25(30)28-17-22(29)21(26)16-20(18(2)3)14-19-8-9-23(32-5)24(15-19)34-12-7-11-31-4/h8-9,15,18,20-22,29H,6-7,10-14,16-17,26H2,1-5H3,(H2,27,28,30). The van der Waals surface area contributed by atoms with Gasteiger partial charge in [-0.05, 0) is 49.3 Å². The molecule has 0 radical (unpaired) electrons. The number of nitrogens with two attached hydrogens (primary N) is 1. The van der Waals surface area contributed by atoms with Gasteiger partial charge in [-0.3, -0.25) is 0 Å². The number of aliphatic hydroxyl groups excluding tert-OH is 1. The van der Waals surface area contributed by atoms with E-state index in [1.807, 2.05) is 25.1 Å². The van der Waals surface area contributed by atoms with Crippen LogP contribution in [0.25, 0.3) is 0 Å². The number of rotatable bonds is 18. The summed E-state index contributed by atoms with van der Waals surface area (Å²) in [7, 11) is 3.30. The van der Waals surface area contributed by atoms with Crippen LogP contribution in [0.1, 0.15) is 39.2 Å². The van der Waals surface area contributed by atoms with Crippen LogP contribution in [-0.2, 0) is 15.9 Å². The molecular formula is C25H45N3O6. The fraction of sp³-hybridized carbons (Fsp3) is 0.720. The minimum Gasteiger partial charge on any atom is -0.493 e. The Labute approximate surface area is 204 Å². The Morgan fingerprint density at radius 3 is 2.53 bits per heavy atom. The van der Waals surface area contributed by atoms with Crippen LogP contribution in [0.4, 0.5) is 4.79 Å². The maximum absolute atomic E-state index is 11.8. The van der Waals surface area contributed by atoms with Gasteiger partial charge >= 0.3 is 6.03 Å². The Hall–Kier alpha value is -2.07. The first kappa shape index (κ1) is 30.0. The first-order chi connectivity index (χ1) is 16.3. The Kier molecular flexibility index (Phi) is 15.3. The number of carbonyl (C=O) groups is 1. The molecule has 1 rings (SSSR count). The maximum atomic E-state index is 11.8. The lowest BCUT2D eigenvalue weighted by atomic mass is 9.83. The van der Waals surface area contributed by atoms with Crippen molar-refractivity contribution in [2.45, 2.75) is 52.2 Å². The highest BCUT2D eigenvalue weighted by molar-refractivity contribution is 5.73. The fourth-order valence-corrected chi connectivity index (χ4v) is 3.54. The number of hydrogen-bond donors (Lipinski definition) is 4. The van der Waals surface area contributed by atoms with Gasteiger partial charge in [-0.2, -0.15) is 0 Å². The van der Waals surface area contributed by atoms with Crippen molar-refractivity contribution < 1.29 is 28.8 Å². The highest BCUT2D eigenvalue weighted by atomic mass is 16.5. The summed E-state index contributed by atoms with van der Waals surface area (Å²) < 4.78 is 21.6. The van der Waals surface area contributed by atoms with Crippen molar-refractivity contribution in [1.82, 2.24) is 10.6 Å². The molecule has 0 aliphatic rings. The second-order valence-electron chi connectivity index (χ2n) is 8.69. The van der Waals surface area contributed by atoms with Crippen LogP contribution >= 0.6 is 0 Å². The molecule has 0 aliphatic heterocycles. The summed E-state index contributed by atoms with van der Waals surface area (Å²) in [6.07, 6.45) is 1.38. The van der Waals surface area contributed by atoms with Crippen LogP contribution < -0.4 is 25.8 Å². The summed E-state index contributed by atoms with van der Waals surface area (Å²) in [6.45, 7) is 8.95. The van der Waals surface area contributed by atoms with Crippen LogP contribution in [0, 0.1) is 11.8 Å². The third kappa shape index (κ3) is 11.9. The molecule has 0 spiro atoms. The minimum absolute atomic E-state index is 0.0917. The van der Waals surface area contributed by atoms with Gasteiger partial charge in [0.25, 0.3) is 0 Å². The molecule has 0 heterocycles. The van der Waals surface area contributed by atoms with E-state index in [-0.39, 0.29) is 18.5 Å². The van der Waals surface area contributed by atoms with Crippen molar-refractivity contribution in [3.8, 4) is 11.5 Å². The first-order valence-electron chi connectivity index (χ1n) is 12.1. The Bertz CT molecular complexity index is 689. The van der Waals surface area contributed by atoms with E-state index in [1.165, 1.54) is 0 Å². The lowest BCUT2D eigenvalue weighted by Crippen LogP contribution is -2.47. The number of ether oxygens (including phenoxy) is 4. The van der Waals surface area contributed by atoms with Crippen LogP contribution in [0.3, 0.4) is 0 Å². The third-order valence-electron chi connectivity index (χ3n) is 5.70. The smallest absolute Gasteiger partial charge is 0.314 e. The van der Waals surface area contributed by atoms with Crippen LogP contribution in [0.15, 0.2) is 18.2 Å². The van der Waals surface area contributed by atoms with E-state index in [0.717, 1.165) is 18.4 Å². The normalized spacial score (nSPS) is 13.9. The van der Waals surface area contributed by atoms with E-state index in [9.17, 15) is 9.90 Å². The number of nitrogens with one attached hydrogen (secondary N) is 2. The molecule has 0 aliphatic carbocycles. The number of aliphatic hydroxyl groups is 1. The summed E-state index contributed by atoms with van der Waals surface area (Å²) in [5, 5.41) is 15.8. The highest BCUT2D eigenvalue weighted by Crippen LogP contribution is 2.31. The molecular weight excluding hydrogens is 438 g/mol. The molecule has 9 nitrogen and oxygen atoms in total. The lowest BCUT2D eigenvalue weighted by molar-refractivity contribution is 0.124. The molecule has 0 bridgehead atoms. The molecule has 2 amide bonds. The third-order valence-corrected chi connectivity index (χ3v) is 5.70. The predicted octanol–water partition coefficient (Wildman–Crippen LogP) is 2.34. The van der Waals surface area contributed by atoms with Gasteiger partial charge in [0.05, 0.1) is 26.4 Å². The average Bonchev–Trinajstić information content (AvgIpc) is 2.82. The zero-order valence-corrected chi connectivity index (χ0v) is 21.5. The van der Waals surface area contributed by atoms with E-state index in [0.29, 0.717) is 56.8 Å². The highest BCUT2D eigenvalue weighted by Gasteiger charge is 2.23. The molecule has 1 aromatic carbocycles. The van der Waals surface area contributed by atoms with Gasteiger partial charge in [-0.1, -0.05) is 19.9 Å². The van der Waals surface area contributed by atoms with E-state index >= 15 is 0 Å². The van der Waals surface area contributed by atoms with Crippen LogP contribution in [0.5, 0.6) is 11.5 Å².